The van der Waals surface area contributed by atoms with Gasteiger partial charge < -0.3 is 16.2 Å². The predicted molar refractivity (Wildman–Crippen MR) is 49.6 cm³/mol. The molecule has 0 saturated carbocycles. The fourth-order valence-corrected chi connectivity index (χ4v) is 1.56. The number of hydrogen-bond acceptors (Lipinski definition) is 3. The van der Waals surface area contributed by atoms with Gasteiger partial charge in [0.15, 0.2) is 0 Å². The van der Waals surface area contributed by atoms with Crippen LogP contribution in [0.5, 0.6) is 0 Å². The maximum absolute atomic E-state index is 10.7. The van der Waals surface area contributed by atoms with Crippen LogP contribution in [0.1, 0.15) is 5.56 Å². The Morgan fingerprint density at radius 3 is 3.00 bits per heavy atom. The highest BCUT2D eigenvalue weighted by Crippen LogP contribution is 2.30. The molecular weight excluding hydrogens is 168 g/mol. The molecule has 1 aromatic rings. The molecule has 4 nitrogen and oxygen atoms in total. The second-order valence-electron chi connectivity index (χ2n) is 3.12. The molecule has 0 bridgehead atoms. The van der Waals surface area contributed by atoms with Crippen molar-refractivity contribution in [3.63, 3.8) is 0 Å². The molecule has 1 heterocycles. The van der Waals surface area contributed by atoms with E-state index in [0.29, 0.717) is 12.1 Å². The van der Waals surface area contributed by atoms with Crippen LogP contribution < -0.4 is 11.1 Å². The van der Waals surface area contributed by atoms with Crippen LogP contribution in [0.25, 0.3) is 0 Å². The zero-order valence-corrected chi connectivity index (χ0v) is 6.95. The van der Waals surface area contributed by atoms with Crippen molar-refractivity contribution in [2.45, 2.75) is 12.5 Å². The molecule has 0 amide bonds. The third-order valence-electron chi connectivity index (χ3n) is 2.22. The molecule has 1 aliphatic heterocycles. The summed E-state index contributed by atoms with van der Waals surface area (Å²) < 4.78 is 0. The van der Waals surface area contributed by atoms with E-state index in [4.69, 9.17) is 10.8 Å². The van der Waals surface area contributed by atoms with Crippen LogP contribution in [-0.4, -0.2) is 17.1 Å². The number of aliphatic carboxylic acids is 1. The number of nitrogen functional groups attached to an aromatic ring is 1. The van der Waals surface area contributed by atoms with Crippen LogP contribution in [0.3, 0.4) is 0 Å². The Labute approximate surface area is 75.4 Å². The molecule has 1 atom stereocenters. The molecule has 2 rings (SSSR count). The van der Waals surface area contributed by atoms with Gasteiger partial charge in [-0.3, -0.25) is 0 Å². The van der Waals surface area contributed by atoms with Gasteiger partial charge in [-0.05, 0) is 11.6 Å². The fourth-order valence-electron chi connectivity index (χ4n) is 1.56. The summed E-state index contributed by atoms with van der Waals surface area (Å²) >= 11 is 0. The maximum atomic E-state index is 10.7. The van der Waals surface area contributed by atoms with E-state index in [1.54, 1.807) is 6.07 Å². The summed E-state index contributed by atoms with van der Waals surface area (Å²) in [5.41, 5.74) is 8.04. The number of nitrogens with one attached hydrogen (secondary N) is 1. The van der Waals surface area contributed by atoms with Crippen molar-refractivity contribution in [3.05, 3.63) is 23.8 Å². The van der Waals surface area contributed by atoms with E-state index in [1.807, 2.05) is 12.1 Å². The monoisotopic (exact) mass is 178 g/mol. The smallest absolute Gasteiger partial charge is 0.326 e. The molecule has 0 fully saturated rings. The molecule has 0 aromatic heterocycles. The zero-order chi connectivity index (χ0) is 9.42. The number of nitrogens with two attached hydrogens (primary N) is 1. The predicted octanol–water partition coefficient (Wildman–Crippen LogP) is 0.690. The van der Waals surface area contributed by atoms with Gasteiger partial charge in [0.25, 0.3) is 0 Å². The number of benzene rings is 1. The van der Waals surface area contributed by atoms with Gasteiger partial charge in [-0.2, -0.15) is 0 Å². The second-order valence-corrected chi connectivity index (χ2v) is 3.12. The topological polar surface area (TPSA) is 75.3 Å². The lowest BCUT2D eigenvalue weighted by Gasteiger charge is -2.05. The summed E-state index contributed by atoms with van der Waals surface area (Å²) in [7, 11) is 0. The Balaban J connectivity index is 2.35. The van der Waals surface area contributed by atoms with Crippen LogP contribution in [0, 0.1) is 0 Å². The van der Waals surface area contributed by atoms with Crippen molar-refractivity contribution in [2.24, 2.45) is 0 Å². The number of fused-ring (bicyclic) bond motifs is 1. The van der Waals surface area contributed by atoms with E-state index in [9.17, 15) is 4.79 Å². The SMILES string of the molecule is Nc1cccc2c1NC(C(=O)O)C2. The number of hydrogen-bond donors (Lipinski definition) is 3. The molecule has 1 unspecified atom stereocenters. The zero-order valence-electron chi connectivity index (χ0n) is 6.95. The minimum Gasteiger partial charge on any atom is -0.480 e. The van der Waals surface area contributed by atoms with Crippen molar-refractivity contribution < 1.29 is 9.90 Å². The molecule has 1 aliphatic rings. The third-order valence-corrected chi connectivity index (χ3v) is 2.22. The Morgan fingerprint density at radius 2 is 2.38 bits per heavy atom. The van der Waals surface area contributed by atoms with E-state index in [0.717, 1.165) is 11.3 Å². The summed E-state index contributed by atoms with van der Waals surface area (Å²) in [4.78, 5) is 10.7. The van der Waals surface area contributed by atoms with Crippen LogP contribution in [-0.2, 0) is 11.2 Å². The molecule has 68 valence electrons. The lowest BCUT2D eigenvalue weighted by molar-refractivity contribution is -0.137. The maximum Gasteiger partial charge on any atom is 0.326 e. The van der Waals surface area contributed by atoms with Gasteiger partial charge in [-0.15, -0.1) is 0 Å². The first-order valence-corrected chi connectivity index (χ1v) is 4.05. The van der Waals surface area contributed by atoms with E-state index in [-0.39, 0.29) is 0 Å². The average Bonchev–Trinajstić information content (AvgIpc) is 2.49. The van der Waals surface area contributed by atoms with E-state index < -0.39 is 12.0 Å². The number of carbonyl (C=O) groups is 1. The number of para-hydroxylation sites is 1. The molecule has 0 radical (unpaired) electrons. The number of carboxylic acid groups (broad SMARTS) is 1. The minimum absolute atomic E-state index is 0.510. The minimum atomic E-state index is -0.837. The molecule has 4 heteroatoms. The van der Waals surface area contributed by atoms with Gasteiger partial charge >= 0.3 is 5.97 Å². The molecule has 0 spiro atoms. The van der Waals surface area contributed by atoms with E-state index in [1.165, 1.54) is 0 Å². The molecule has 0 aliphatic carbocycles. The quantitative estimate of drug-likeness (QED) is 0.553. The molecule has 1 aromatic carbocycles. The first-order valence-electron chi connectivity index (χ1n) is 4.05. The van der Waals surface area contributed by atoms with Crippen molar-refractivity contribution in [2.75, 3.05) is 11.1 Å². The highest BCUT2D eigenvalue weighted by atomic mass is 16.4. The van der Waals surface area contributed by atoms with E-state index >= 15 is 0 Å². The van der Waals surface area contributed by atoms with Gasteiger partial charge in [0.05, 0.1) is 11.4 Å². The van der Waals surface area contributed by atoms with E-state index in [2.05, 4.69) is 5.32 Å². The lowest BCUT2D eigenvalue weighted by atomic mass is 10.1. The molecule has 13 heavy (non-hydrogen) atoms. The van der Waals surface area contributed by atoms with Gasteiger partial charge in [0, 0.05) is 6.42 Å². The summed E-state index contributed by atoms with van der Waals surface area (Å²) in [5.74, 6) is -0.837. The van der Waals surface area contributed by atoms with Gasteiger partial charge in [0.2, 0.25) is 0 Å². The van der Waals surface area contributed by atoms with Gasteiger partial charge in [-0.1, -0.05) is 12.1 Å². The number of rotatable bonds is 1. The van der Waals surface area contributed by atoms with Crippen molar-refractivity contribution in [3.8, 4) is 0 Å². The molecule has 0 saturated heterocycles. The first kappa shape index (κ1) is 7.91. The molecular formula is C9H10N2O2. The highest BCUT2D eigenvalue weighted by molar-refractivity contribution is 5.85. The lowest BCUT2D eigenvalue weighted by Crippen LogP contribution is -2.26. The van der Waals surface area contributed by atoms with Crippen LogP contribution in [0.2, 0.25) is 0 Å². The van der Waals surface area contributed by atoms with Crippen LogP contribution >= 0.6 is 0 Å². The Bertz CT molecular complexity index is 363. The second kappa shape index (κ2) is 2.65. The summed E-state index contributed by atoms with van der Waals surface area (Å²) in [6.07, 6.45) is 0.510. The summed E-state index contributed by atoms with van der Waals surface area (Å²) in [6, 6.07) is 4.96. The average molecular weight is 178 g/mol. The summed E-state index contributed by atoms with van der Waals surface area (Å²) in [6.45, 7) is 0. The van der Waals surface area contributed by atoms with Crippen LogP contribution in [0.4, 0.5) is 11.4 Å². The first-order chi connectivity index (χ1) is 6.18. The Morgan fingerprint density at radius 1 is 1.62 bits per heavy atom. The largest absolute Gasteiger partial charge is 0.480 e. The normalized spacial score (nSPS) is 19.2. The standard InChI is InChI=1S/C9H10N2O2/c10-6-3-1-2-5-4-7(9(12)13)11-8(5)6/h1-3,7,11H,4,10H2,(H,12,13). The Kier molecular flexibility index (Phi) is 1.62. The summed E-state index contributed by atoms with van der Waals surface area (Å²) in [5, 5.41) is 11.7. The number of anilines is 2. The van der Waals surface area contributed by atoms with Crippen molar-refractivity contribution in [1.29, 1.82) is 0 Å². The van der Waals surface area contributed by atoms with Crippen molar-refractivity contribution in [1.82, 2.24) is 0 Å². The van der Waals surface area contributed by atoms with Gasteiger partial charge in [-0.25, -0.2) is 4.79 Å². The fraction of sp³-hybridized carbons (Fsp3) is 0.222. The third kappa shape index (κ3) is 1.20. The Hall–Kier alpha value is -1.71. The highest BCUT2D eigenvalue weighted by Gasteiger charge is 2.27. The van der Waals surface area contributed by atoms with Crippen LogP contribution in [0.15, 0.2) is 18.2 Å². The van der Waals surface area contributed by atoms with Crippen molar-refractivity contribution >= 4 is 17.3 Å². The van der Waals surface area contributed by atoms with Gasteiger partial charge in [0.1, 0.15) is 6.04 Å². The molecule has 4 N–H and O–H groups in total. The number of carboxylic acids is 1.